The van der Waals surface area contributed by atoms with Crippen molar-refractivity contribution >= 4 is 11.8 Å². The number of hydrogen-bond acceptors (Lipinski definition) is 5. The molecule has 1 aromatic carbocycles. The molecule has 2 rings (SSSR count). The lowest BCUT2D eigenvalue weighted by Gasteiger charge is -2.05. The number of carboxylic acids is 1. The van der Waals surface area contributed by atoms with Crippen molar-refractivity contribution in [2.75, 3.05) is 0 Å². The quantitative estimate of drug-likeness (QED) is 0.659. The number of aryl methyl sites for hydroxylation is 1. The number of ether oxygens (including phenoxy) is 1. The van der Waals surface area contributed by atoms with Crippen molar-refractivity contribution < 1.29 is 19.6 Å². The van der Waals surface area contributed by atoms with Gasteiger partial charge in [-0.15, -0.1) is 4.68 Å². The van der Waals surface area contributed by atoms with Crippen molar-refractivity contribution in [1.82, 2.24) is 9.78 Å². The molecule has 20 heavy (non-hydrogen) atoms. The molecule has 8 nitrogen and oxygen atoms in total. The molecular formula is C12H11N3O5. The van der Waals surface area contributed by atoms with Crippen molar-refractivity contribution in [2.45, 2.75) is 13.7 Å². The third-order valence-electron chi connectivity index (χ3n) is 2.59. The number of nitrogens with zero attached hydrogens (tertiary/aromatic N) is 3. The molecule has 0 aliphatic rings. The topological polar surface area (TPSA) is 107 Å². The van der Waals surface area contributed by atoms with Gasteiger partial charge >= 0.3 is 11.8 Å². The molecule has 8 heteroatoms. The van der Waals surface area contributed by atoms with E-state index in [0.29, 0.717) is 11.4 Å². The standard InChI is InChI=1S/C12H11N3O5/c1-8-5-11(15(18)19)13-14(8)7-20-10-4-2-3-9(6-10)12(16)17/h2-6H,7H2,1H3,(H,16,17). The van der Waals surface area contributed by atoms with Gasteiger partial charge < -0.3 is 20.0 Å². The van der Waals surface area contributed by atoms with E-state index in [1.807, 2.05) is 0 Å². The van der Waals surface area contributed by atoms with Gasteiger partial charge in [0, 0.05) is 0 Å². The lowest BCUT2D eigenvalue weighted by Crippen LogP contribution is -2.09. The van der Waals surface area contributed by atoms with Gasteiger partial charge in [-0.05, 0) is 30.0 Å². The number of carboxylic acid groups (broad SMARTS) is 1. The van der Waals surface area contributed by atoms with Crippen LogP contribution in [0.3, 0.4) is 0 Å². The molecule has 104 valence electrons. The Morgan fingerprint density at radius 1 is 1.50 bits per heavy atom. The molecule has 1 aromatic heterocycles. The summed E-state index contributed by atoms with van der Waals surface area (Å²) in [4.78, 5) is 20.8. The van der Waals surface area contributed by atoms with Crippen molar-refractivity contribution in [3.8, 4) is 5.75 Å². The van der Waals surface area contributed by atoms with E-state index in [9.17, 15) is 14.9 Å². The maximum atomic E-state index is 10.8. The van der Waals surface area contributed by atoms with Gasteiger partial charge in [0.15, 0.2) is 0 Å². The molecule has 0 atom stereocenters. The van der Waals surface area contributed by atoms with E-state index in [0.717, 1.165) is 0 Å². The summed E-state index contributed by atoms with van der Waals surface area (Å²) in [7, 11) is 0. The van der Waals surface area contributed by atoms with E-state index < -0.39 is 10.9 Å². The van der Waals surface area contributed by atoms with Crippen LogP contribution in [0.4, 0.5) is 5.82 Å². The molecule has 1 heterocycles. The van der Waals surface area contributed by atoms with Crippen molar-refractivity contribution in [3.05, 3.63) is 51.7 Å². The molecule has 0 saturated carbocycles. The molecule has 0 unspecified atom stereocenters. The zero-order valence-corrected chi connectivity index (χ0v) is 10.5. The number of rotatable bonds is 5. The molecule has 0 fully saturated rings. The van der Waals surface area contributed by atoms with E-state index in [1.54, 1.807) is 19.1 Å². The highest BCUT2D eigenvalue weighted by atomic mass is 16.6. The van der Waals surface area contributed by atoms with Crippen LogP contribution in [-0.2, 0) is 6.73 Å². The number of carbonyl (C=O) groups is 1. The van der Waals surface area contributed by atoms with Gasteiger partial charge in [0.1, 0.15) is 5.75 Å². The summed E-state index contributed by atoms with van der Waals surface area (Å²) in [6, 6.07) is 7.29. The second kappa shape index (κ2) is 5.39. The van der Waals surface area contributed by atoms with Crippen LogP contribution in [0.25, 0.3) is 0 Å². The predicted octanol–water partition coefficient (Wildman–Crippen LogP) is 1.83. The first kappa shape index (κ1) is 13.5. The highest BCUT2D eigenvalue weighted by Crippen LogP contribution is 2.15. The predicted molar refractivity (Wildman–Crippen MR) is 67.6 cm³/mol. The minimum absolute atomic E-state index is 0.0389. The van der Waals surface area contributed by atoms with Crippen molar-refractivity contribution in [2.24, 2.45) is 0 Å². The van der Waals surface area contributed by atoms with Gasteiger partial charge in [0.25, 0.3) is 0 Å². The first-order chi connectivity index (χ1) is 9.47. The molecule has 0 spiro atoms. The van der Waals surface area contributed by atoms with E-state index >= 15 is 0 Å². The fraction of sp³-hybridized carbons (Fsp3) is 0.167. The lowest BCUT2D eigenvalue weighted by molar-refractivity contribution is -0.389. The smallest absolute Gasteiger partial charge is 0.390 e. The molecular weight excluding hydrogens is 266 g/mol. The Morgan fingerprint density at radius 3 is 2.85 bits per heavy atom. The average Bonchev–Trinajstić information content (AvgIpc) is 2.78. The Hall–Kier alpha value is -2.90. The summed E-state index contributed by atoms with van der Waals surface area (Å²) in [5.74, 6) is -0.964. The molecule has 0 saturated heterocycles. The SMILES string of the molecule is Cc1cc([N+](=O)[O-])nn1COc1cccc(C(=O)O)c1. The zero-order chi connectivity index (χ0) is 14.7. The third kappa shape index (κ3) is 2.91. The first-order valence-corrected chi connectivity index (χ1v) is 5.62. The highest BCUT2D eigenvalue weighted by Gasteiger charge is 2.15. The molecule has 0 aliphatic carbocycles. The van der Waals surface area contributed by atoms with Gasteiger partial charge in [0.2, 0.25) is 6.73 Å². The van der Waals surface area contributed by atoms with E-state index in [1.165, 1.54) is 22.9 Å². The maximum absolute atomic E-state index is 10.8. The minimum atomic E-state index is -1.05. The van der Waals surface area contributed by atoms with Crippen LogP contribution < -0.4 is 4.74 Å². The largest absolute Gasteiger partial charge is 0.478 e. The summed E-state index contributed by atoms with van der Waals surface area (Å²) >= 11 is 0. The van der Waals surface area contributed by atoms with Crippen molar-refractivity contribution in [3.63, 3.8) is 0 Å². The Labute approximate surface area is 113 Å². The Morgan fingerprint density at radius 2 is 2.25 bits per heavy atom. The Balaban J connectivity index is 2.10. The molecule has 0 bridgehead atoms. The number of benzene rings is 1. The van der Waals surface area contributed by atoms with E-state index in [4.69, 9.17) is 9.84 Å². The van der Waals surface area contributed by atoms with E-state index in [-0.39, 0.29) is 18.1 Å². The van der Waals surface area contributed by atoms with Crippen LogP contribution >= 0.6 is 0 Å². The Kier molecular flexibility index (Phi) is 3.65. The number of nitro groups is 1. The third-order valence-corrected chi connectivity index (χ3v) is 2.59. The van der Waals surface area contributed by atoms with Crippen LogP contribution in [-0.4, -0.2) is 25.8 Å². The summed E-state index contributed by atoms with van der Waals surface area (Å²) in [6.45, 7) is 1.62. The van der Waals surface area contributed by atoms with Crippen LogP contribution in [0.5, 0.6) is 5.75 Å². The van der Waals surface area contributed by atoms with E-state index in [2.05, 4.69) is 5.10 Å². The number of hydrogen-bond donors (Lipinski definition) is 1. The zero-order valence-electron chi connectivity index (χ0n) is 10.5. The van der Waals surface area contributed by atoms with Gasteiger partial charge in [0.05, 0.1) is 22.4 Å². The molecule has 2 aromatic rings. The van der Waals surface area contributed by atoms with Crippen LogP contribution in [0.1, 0.15) is 16.1 Å². The first-order valence-electron chi connectivity index (χ1n) is 5.62. The summed E-state index contributed by atoms with van der Waals surface area (Å²) in [5.41, 5.74) is 0.678. The number of aromatic carboxylic acids is 1. The normalized spacial score (nSPS) is 10.2. The second-order valence-electron chi connectivity index (χ2n) is 4.01. The summed E-state index contributed by atoms with van der Waals surface area (Å²) < 4.78 is 6.70. The molecule has 0 amide bonds. The summed E-state index contributed by atoms with van der Waals surface area (Å²) in [5, 5.41) is 23.2. The van der Waals surface area contributed by atoms with Crippen LogP contribution in [0.2, 0.25) is 0 Å². The van der Waals surface area contributed by atoms with Gasteiger partial charge in [-0.2, -0.15) is 0 Å². The maximum Gasteiger partial charge on any atom is 0.390 e. The van der Waals surface area contributed by atoms with Crippen molar-refractivity contribution in [1.29, 1.82) is 0 Å². The fourth-order valence-electron chi connectivity index (χ4n) is 1.57. The molecule has 1 N–H and O–H groups in total. The number of aromatic nitrogens is 2. The minimum Gasteiger partial charge on any atom is -0.478 e. The molecule has 0 aliphatic heterocycles. The second-order valence-corrected chi connectivity index (χ2v) is 4.01. The molecule has 0 radical (unpaired) electrons. The van der Waals surface area contributed by atoms with Crippen LogP contribution in [0, 0.1) is 17.0 Å². The summed E-state index contributed by atoms with van der Waals surface area (Å²) in [6.07, 6.45) is 0. The van der Waals surface area contributed by atoms with Gasteiger partial charge in [-0.25, -0.2) is 4.79 Å². The monoisotopic (exact) mass is 277 g/mol. The highest BCUT2D eigenvalue weighted by molar-refractivity contribution is 5.87. The van der Waals surface area contributed by atoms with Crippen LogP contribution in [0.15, 0.2) is 30.3 Å². The Bertz CT molecular complexity index is 665. The van der Waals surface area contributed by atoms with Gasteiger partial charge in [-0.3, -0.25) is 0 Å². The fourth-order valence-corrected chi connectivity index (χ4v) is 1.57. The average molecular weight is 277 g/mol. The lowest BCUT2D eigenvalue weighted by atomic mass is 10.2. The van der Waals surface area contributed by atoms with Gasteiger partial charge in [-0.1, -0.05) is 6.07 Å².